The van der Waals surface area contributed by atoms with Crippen LogP contribution in [0.25, 0.3) is 11.3 Å². The first-order chi connectivity index (χ1) is 15.6. The standard InChI is InChI=1S/C26H24N4OS/c1-18-3-7-20(8-4-18)24-15-16-25(30-29-24)28-22-11-9-21(10-12-22)26(31)27-17-19-5-13-23(32-2)14-6-19/h3-16H,17H2,1-2H3,(H,27,31)(H,28,30). The average molecular weight is 441 g/mol. The third-order valence-electron chi connectivity index (χ3n) is 5.04. The molecule has 0 aliphatic rings. The Labute approximate surface area is 192 Å². The highest BCUT2D eigenvalue weighted by Gasteiger charge is 2.06. The first-order valence-corrected chi connectivity index (χ1v) is 11.5. The van der Waals surface area contributed by atoms with E-state index in [1.807, 2.05) is 54.8 Å². The molecule has 0 aliphatic heterocycles. The molecule has 0 radical (unpaired) electrons. The van der Waals surface area contributed by atoms with Crippen molar-refractivity contribution in [2.24, 2.45) is 0 Å². The Hall–Kier alpha value is -3.64. The number of thioether (sulfide) groups is 1. The predicted molar refractivity (Wildman–Crippen MR) is 131 cm³/mol. The zero-order valence-electron chi connectivity index (χ0n) is 18.0. The topological polar surface area (TPSA) is 66.9 Å². The van der Waals surface area contributed by atoms with E-state index < -0.39 is 0 Å². The molecule has 0 aliphatic carbocycles. The molecule has 0 saturated heterocycles. The third kappa shape index (κ3) is 5.53. The van der Waals surface area contributed by atoms with Crippen molar-refractivity contribution < 1.29 is 4.79 Å². The Morgan fingerprint density at radius 1 is 0.844 bits per heavy atom. The van der Waals surface area contributed by atoms with Gasteiger partial charge in [-0.2, -0.15) is 0 Å². The highest BCUT2D eigenvalue weighted by Crippen LogP contribution is 2.20. The predicted octanol–water partition coefficient (Wildman–Crippen LogP) is 5.85. The second-order valence-electron chi connectivity index (χ2n) is 7.40. The number of carbonyl (C=O) groups is 1. The summed E-state index contributed by atoms with van der Waals surface area (Å²) in [6, 6.07) is 27.5. The summed E-state index contributed by atoms with van der Waals surface area (Å²) in [5.74, 6) is 0.541. The van der Waals surface area contributed by atoms with Crippen LogP contribution >= 0.6 is 11.8 Å². The molecule has 160 valence electrons. The van der Waals surface area contributed by atoms with Crippen molar-refractivity contribution in [2.75, 3.05) is 11.6 Å². The molecule has 1 aromatic heterocycles. The van der Waals surface area contributed by atoms with Gasteiger partial charge in [0.15, 0.2) is 5.82 Å². The van der Waals surface area contributed by atoms with Gasteiger partial charge < -0.3 is 10.6 Å². The van der Waals surface area contributed by atoms with E-state index >= 15 is 0 Å². The monoisotopic (exact) mass is 440 g/mol. The molecule has 6 heteroatoms. The fourth-order valence-electron chi connectivity index (χ4n) is 3.16. The van der Waals surface area contributed by atoms with Crippen LogP contribution in [0.5, 0.6) is 0 Å². The fraction of sp³-hybridized carbons (Fsp3) is 0.115. The van der Waals surface area contributed by atoms with Gasteiger partial charge in [-0.3, -0.25) is 4.79 Å². The normalized spacial score (nSPS) is 10.6. The molecular weight excluding hydrogens is 416 g/mol. The molecule has 0 spiro atoms. The lowest BCUT2D eigenvalue weighted by Crippen LogP contribution is -2.22. The molecule has 4 aromatic rings. The van der Waals surface area contributed by atoms with Crippen LogP contribution in [0.1, 0.15) is 21.5 Å². The quantitative estimate of drug-likeness (QED) is 0.353. The van der Waals surface area contributed by atoms with E-state index in [9.17, 15) is 4.79 Å². The number of hydrogen-bond acceptors (Lipinski definition) is 5. The van der Waals surface area contributed by atoms with Crippen LogP contribution < -0.4 is 10.6 Å². The van der Waals surface area contributed by atoms with E-state index in [1.54, 1.807) is 23.9 Å². The summed E-state index contributed by atoms with van der Waals surface area (Å²) in [7, 11) is 0. The number of hydrogen-bond donors (Lipinski definition) is 2. The van der Waals surface area contributed by atoms with Crippen molar-refractivity contribution in [2.45, 2.75) is 18.4 Å². The molecule has 0 unspecified atom stereocenters. The van der Waals surface area contributed by atoms with Crippen molar-refractivity contribution in [3.63, 3.8) is 0 Å². The van der Waals surface area contributed by atoms with E-state index in [0.717, 1.165) is 22.5 Å². The summed E-state index contributed by atoms with van der Waals surface area (Å²) in [6.07, 6.45) is 2.04. The summed E-state index contributed by atoms with van der Waals surface area (Å²) in [5, 5.41) is 14.7. The maximum absolute atomic E-state index is 12.4. The SMILES string of the molecule is CSc1ccc(CNC(=O)c2ccc(Nc3ccc(-c4ccc(C)cc4)nn3)cc2)cc1. The van der Waals surface area contributed by atoms with Gasteiger partial charge in [0.25, 0.3) is 5.91 Å². The Morgan fingerprint density at radius 2 is 1.56 bits per heavy atom. The first-order valence-electron chi connectivity index (χ1n) is 10.3. The summed E-state index contributed by atoms with van der Waals surface area (Å²) in [6.45, 7) is 2.55. The van der Waals surface area contributed by atoms with Crippen molar-refractivity contribution in [1.82, 2.24) is 15.5 Å². The number of rotatable bonds is 7. The van der Waals surface area contributed by atoms with Gasteiger partial charge in [-0.05, 0) is 67.3 Å². The van der Waals surface area contributed by atoms with Crippen molar-refractivity contribution in [3.8, 4) is 11.3 Å². The van der Waals surface area contributed by atoms with Gasteiger partial charge in [0.2, 0.25) is 0 Å². The Kier molecular flexibility index (Phi) is 6.82. The van der Waals surface area contributed by atoms with Crippen LogP contribution in [0, 0.1) is 6.92 Å². The van der Waals surface area contributed by atoms with Crippen molar-refractivity contribution >= 4 is 29.2 Å². The van der Waals surface area contributed by atoms with E-state index in [1.165, 1.54) is 10.5 Å². The molecule has 0 bridgehead atoms. The highest BCUT2D eigenvalue weighted by atomic mass is 32.2. The number of nitrogens with zero attached hydrogens (tertiary/aromatic N) is 2. The minimum Gasteiger partial charge on any atom is -0.348 e. The number of anilines is 2. The Morgan fingerprint density at radius 3 is 2.19 bits per heavy atom. The summed E-state index contributed by atoms with van der Waals surface area (Å²) in [4.78, 5) is 13.7. The number of aryl methyl sites for hydroxylation is 1. The largest absolute Gasteiger partial charge is 0.348 e. The molecule has 5 nitrogen and oxygen atoms in total. The zero-order valence-corrected chi connectivity index (χ0v) is 18.8. The molecule has 2 N–H and O–H groups in total. The van der Waals surface area contributed by atoms with E-state index in [0.29, 0.717) is 17.9 Å². The lowest BCUT2D eigenvalue weighted by molar-refractivity contribution is 0.0951. The van der Waals surface area contributed by atoms with E-state index in [4.69, 9.17) is 0 Å². The molecular formula is C26H24N4OS. The maximum atomic E-state index is 12.4. The van der Waals surface area contributed by atoms with Gasteiger partial charge >= 0.3 is 0 Å². The molecule has 0 saturated carbocycles. The average Bonchev–Trinajstić information content (AvgIpc) is 2.84. The van der Waals surface area contributed by atoms with Gasteiger partial charge in [-0.25, -0.2) is 0 Å². The number of nitrogens with one attached hydrogen (secondary N) is 2. The molecule has 4 rings (SSSR count). The van der Waals surface area contributed by atoms with Crippen molar-refractivity contribution in [1.29, 1.82) is 0 Å². The zero-order chi connectivity index (χ0) is 22.3. The van der Waals surface area contributed by atoms with Crippen LogP contribution in [0.2, 0.25) is 0 Å². The van der Waals surface area contributed by atoms with Gasteiger partial charge in [0.05, 0.1) is 5.69 Å². The lowest BCUT2D eigenvalue weighted by atomic mass is 10.1. The van der Waals surface area contributed by atoms with Gasteiger partial charge in [0, 0.05) is 28.3 Å². The van der Waals surface area contributed by atoms with Crippen LogP contribution in [-0.4, -0.2) is 22.4 Å². The summed E-state index contributed by atoms with van der Waals surface area (Å²) >= 11 is 1.70. The van der Waals surface area contributed by atoms with Crippen LogP contribution in [0.15, 0.2) is 89.8 Å². The smallest absolute Gasteiger partial charge is 0.251 e. The summed E-state index contributed by atoms with van der Waals surface area (Å²) in [5.41, 5.74) is 5.59. The molecule has 0 fully saturated rings. The van der Waals surface area contributed by atoms with E-state index in [2.05, 4.69) is 52.0 Å². The van der Waals surface area contributed by atoms with Crippen molar-refractivity contribution in [3.05, 3.63) is 102 Å². The molecule has 0 atom stereocenters. The second kappa shape index (κ2) is 10.1. The molecule has 1 amide bonds. The summed E-state index contributed by atoms with van der Waals surface area (Å²) < 4.78 is 0. The van der Waals surface area contributed by atoms with E-state index in [-0.39, 0.29) is 5.91 Å². The first kappa shape index (κ1) is 21.6. The highest BCUT2D eigenvalue weighted by molar-refractivity contribution is 7.98. The van der Waals surface area contributed by atoms with Gasteiger partial charge in [-0.1, -0.05) is 42.0 Å². The van der Waals surface area contributed by atoms with Gasteiger partial charge in [-0.15, -0.1) is 22.0 Å². The number of aromatic nitrogens is 2. The van der Waals surface area contributed by atoms with Crippen LogP contribution in [-0.2, 0) is 6.54 Å². The fourth-order valence-corrected chi connectivity index (χ4v) is 3.57. The Balaban J connectivity index is 1.33. The number of carbonyl (C=O) groups excluding carboxylic acids is 1. The van der Waals surface area contributed by atoms with Crippen LogP contribution in [0.4, 0.5) is 11.5 Å². The van der Waals surface area contributed by atoms with Gasteiger partial charge in [0.1, 0.15) is 0 Å². The molecule has 32 heavy (non-hydrogen) atoms. The molecule has 3 aromatic carbocycles. The third-order valence-corrected chi connectivity index (χ3v) is 5.79. The minimum atomic E-state index is -0.104. The lowest BCUT2D eigenvalue weighted by Gasteiger charge is -2.08. The van der Waals surface area contributed by atoms with Crippen LogP contribution in [0.3, 0.4) is 0 Å². The second-order valence-corrected chi connectivity index (χ2v) is 8.28. The minimum absolute atomic E-state index is 0.104. The number of amides is 1. The maximum Gasteiger partial charge on any atom is 0.251 e. The Bertz CT molecular complexity index is 1170. The molecule has 1 heterocycles. The number of benzene rings is 3.